The van der Waals surface area contributed by atoms with Gasteiger partial charge in [0.2, 0.25) is 5.75 Å². The Hall–Kier alpha value is -1.69. The molecule has 1 N–H and O–H groups in total. The van der Waals surface area contributed by atoms with Gasteiger partial charge in [0, 0.05) is 23.9 Å². The van der Waals surface area contributed by atoms with E-state index in [9.17, 15) is 14.5 Å². The molecule has 5 nitrogen and oxygen atoms in total. The van der Waals surface area contributed by atoms with Gasteiger partial charge in [-0.1, -0.05) is 26.8 Å². The van der Waals surface area contributed by atoms with E-state index in [1.54, 1.807) is 0 Å². The average molecular weight is 296 g/mol. The zero-order valence-electron chi connectivity index (χ0n) is 12.6. The second-order valence-corrected chi connectivity index (χ2v) is 5.66. The maximum Gasteiger partial charge on any atom is 0.314 e. The summed E-state index contributed by atoms with van der Waals surface area (Å²) in [4.78, 5) is 10.4. The molecule has 0 aliphatic heterocycles. The fraction of sp³-hybridized carbons (Fsp3) is 0.600. The summed E-state index contributed by atoms with van der Waals surface area (Å²) in [6.45, 7) is 7.01. The number of nitrogens with one attached hydrogen (secondary N) is 1. The minimum absolute atomic E-state index is 0.147. The van der Waals surface area contributed by atoms with E-state index in [1.807, 2.05) is 6.92 Å². The molecule has 3 unspecified atom stereocenters. The Morgan fingerprint density at radius 1 is 1.52 bits per heavy atom. The second-order valence-electron chi connectivity index (χ2n) is 5.66. The van der Waals surface area contributed by atoms with E-state index in [0.29, 0.717) is 6.04 Å². The highest BCUT2D eigenvalue weighted by Crippen LogP contribution is 2.47. The molecule has 0 amide bonds. The smallest absolute Gasteiger partial charge is 0.314 e. The quantitative estimate of drug-likeness (QED) is 0.646. The van der Waals surface area contributed by atoms with Crippen molar-refractivity contribution in [3.63, 3.8) is 0 Å². The van der Waals surface area contributed by atoms with Crippen LogP contribution in [0.15, 0.2) is 18.2 Å². The van der Waals surface area contributed by atoms with Gasteiger partial charge in [0.1, 0.15) is 6.10 Å². The zero-order valence-corrected chi connectivity index (χ0v) is 12.6. The summed E-state index contributed by atoms with van der Waals surface area (Å²) in [7, 11) is 0. The van der Waals surface area contributed by atoms with Gasteiger partial charge < -0.3 is 10.1 Å². The number of ether oxygens (including phenoxy) is 1. The van der Waals surface area contributed by atoms with Crippen LogP contribution in [0.1, 0.15) is 33.6 Å². The first-order chi connectivity index (χ1) is 9.93. The number of nitrogens with zero attached hydrogens (tertiary/aromatic N) is 1. The van der Waals surface area contributed by atoms with Crippen LogP contribution in [0.2, 0.25) is 0 Å². The van der Waals surface area contributed by atoms with E-state index in [1.165, 1.54) is 18.2 Å². The van der Waals surface area contributed by atoms with Crippen LogP contribution in [0.4, 0.5) is 10.1 Å². The summed E-state index contributed by atoms with van der Waals surface area (Å²) >= 11 is 0. The van der Waals surface area contributed by atoms with Crippen molar-refractivity contribution in [2.45, 2.75) is 45.8 Å². The van der Waals surface area contributed by atoms with E-state index >= 15 is 0 Å². The number of benzene rings is 1. The number of hydrogen-bond acceptors (Lipinski definition) is 4. The van der Waals surface area contributed by atoms with E-state index in [0.717, 1.165) is 19.4 Å². The largest absolute Gasteiger partial charge is 0.481 e. The van der Waals surface area contributed by atoms with Crippen LogP contribution in [0, 0.1) is 21.3 Å². The van der Waals surface area contributed by atoms with Crippen LogP contribution >= 0.6 is 0 Å². The maximum absolute atomic E-state index is 13.9. The number of nitro benzene ring substituents is 1. The lowest BCUT2D eigenvalue weighted by Crippen LogP contribution is -2.63. The third kappa shape index (κ3) is 2.72. The third-order valence-corrected chi connectivity index (χ3v) is 4.60. The Morgan fingerprint density at radius 3 is 2.81 bits per heavy atom. The van der Waals surface area contributed by atoms with Crippen molar-refractivity contribution in [3.05, 3.63) is 34.1 Å². The summed E-state index contributed by atoms with van der Waals surface area (Å²) in [6.07, 6.45) is 1.36. The summed E-state index contributed by atoms with van der Waals surface area (Å²) in [6, 6.07) is 4.07. The van der Waals surface area contributed by atoms with Crippen molar-refractivity contribution >= 4 is 5.69 Å². The Morgan fingerprint density at radius 2 is 2.24 bits per heavy atom. The molecule has 1 aliphatic rings. The van der Waals surface area contributed by atoms with Crippen molar-refractivity contribution < 1.29 is 14.1 Å². The predicted octanol–water partition coefficient (Wildman–Crippen LogP) is 3.28. The first-order valence-corrected chi connectivity index (χ1v) is 7.27. The minimum Gasteiger partial charge on any atom is -0.481 e. The van der Waals surface area contributed by atoms with Crippen molar-refractivity contribution in [2.24, 2.45) is 5.41 Å². The normalized spacial score (nSPS) is 28.0. The molecule has 1 aliphatic carbocycles. The van der Waals surface area contributed by atoms with Gasteiger partial charge in [0.15, 0.2) is 5.82 Å². The maximum atomic E-state index is 13.9. The van der Waals surface area contributed by atoms with E-state index in [-0.39, 0.29) is 23.0 Å². The van der Waals surface area contributed by atoms with E-state index in [4.69, 9.17) is 4.74 Å². The fourth-order valence-electron chi connectivity index (χ4n) is 2.94. The molecule has 0 heterocycles. The Balaban J connectivity index is 2.22. The third-order valence-electron chi connectivity index (χ3n) is 4.60. The van der Waals surface area contributed by atoms with Crippen LogP contribution in [-0.4, -0.2) is 23.6 Å². The molecule has 0 spiro atoms. The summed E-state index contributed by atoms with van der Waals surface area (Å²) in [5, 5.41) is 14.4. The molecule has 3 atom stereocenters. The number of hydrogen-bond donors (Lipinski definition) is 1. The van der Waals surface area contributed by atoms with Gasteiger partial charge in [-0.2, -0.15) is 0 Å². The van der Waals surface area contributed by atoms with Gasteiger partial charge in [0.05, 0.1) is 4.92 Å². The Labute approximate surface area is 123 Å². The number of para-hydroxylation sites is 1. The molecule has 21 heavy (non-hydrogen) atoms. The predicted molar refractivity (Wildman–Crippen MR) is 78.0 cm³/mol. The van der Waals surface area contributed by atoms with Crippen molar-refractivity contribution in [1.82, 2.24) is 5.32 Å². The molecule has 6 heteroatoms. The summed E-state index contributed by atoms with van der Waals surface area (Å²) in [5.41, 5.74) is -0.466. The highest BCUT2D eigenvalue weighted by molar-refractivity contribution is 5.47. The molecule has 1 aromatic carbocycles. The Bertz CT molecular complexity index is 538. The first-order valence-electron chi connectivity index (χ1n) is 7.27. The standard InChI is InChI=1S/C15H21FN2O3/c1-4-15(3)12(17-5-2)9-13(15)21-14-10(16)7-6-8-11(14)18(19)20/h6-8,12-13,17H,4-5,9H2,1-3H3. The molecule has 0 radical (unpaired) electrons. The first kappa shape index (κ1) is 15.7. The topological polar surface area (TPSA) is 64.4 Å². The number of halogens is 1. The molecule has 1 saturated carbocycles. The van der Waals surface area contributed by atoms with Crippen LogP contribution < -0.4 is 10.1 Å². The molecule has 1 fully saturated rings. The van der Waals surface area contributed by atoms with Crippen molar-refractivity contribution in [2.75, 3.05) is 6.54 Å². The molecule has 0 bridgehead atoms. The van der Waals surface area contributed by atoms with Gasteiger partial charge in [-0.3, -0.25) is 10.1 Å². The Kier molecular flexibility index (Phi) is 4.46. The van der Waals surface area contributed by atoms with Gasteiger partial charge in [-0.15, -0.1) is 0 Å². The average Bonchev–Trinajstić information content (AvgIpc) is 2.46. The highest BCUT2D eigenvalue weighted by atomic mass is 19.1. The lowest BCUT2D eigenvalue weighted by atomic mass is 9.61. The van der Waals surface area contributed by atoms with Gasteiger partial charge in [-0.25, -0.2) is 4.39 Å². The second kappa shape index (κ2) is 5.97. The number of nitro groups is 1. The van der Waals surface area contributed by atoms with Gasteiger partial charge >= 0.3 is 5.69 Å². The van der Waals surface area contributed by atoms with Crippen molar-refractivity contribution in [3.8, 4) is 5.75 Å². The summed E-state index contributed by atoms with van der Waals surface area (Å²) < 4.78 is 19.6. The van der Waals surface area contributed by atoms with Gasteiger partial charge in [0.25, 0.3) is 0 Å². The monoisotopic (exact) mass is 296 g/mol. The van der Waals surface area contributed by atoms with E-state index < -0.39 is 10.7 Å². The van der Waals surface area contributed by atoms with Crippen LogP contribution in [-0.2, 0) is 0 Å². The molecule has 0 saturated heterocycles. The molecule has 116 valence electrons. The molecular formula is C15H21FN2O3. The molecule has 1 aromatic rings. The SMILES string of the molecule is CCNC1CC(Oc2c(F)cccc2[N+](=O)[O-])C1(C)CC. The minimum atomic E-state index is -0.686. The van der Waals surface area contributed by atoms with Crippen LogP contribution in [0.3, 0.4) is 0 Å². The van der Waals surface area contributed by atoms with E-state index in [2.05, 4.69) is 19.2 Å². The zero-order chi connectivity index (χ0) is 15.6. The lowest BCUT2D eigenvalue weighted by Gasteiger charge is -2.53. The van der Waals surface area contributed by atoms with Crippen LogP contribution in [0.5, 0.6) is 5.75 Å². The summed E-state index contributed by atoms with van der Waals surface area (Å²) in [5.74, 6) is -0.934. The van der Waals surface area contributed by atoms with Crippen molar-refractivity contribution in [1.29, 1.82) is 0 Å². The molecule has 2 rings (SSSR count). The fourth-order valence-corrected chi connectivity index (χ4v) is 2.94. The molecule has 0 aromatic heterocycles. The van der Waals surface area contributed by atoms with Gasteiger partial charge in [-0.05, 0) is 19.0 Å². The van der Waals surface area contributed by atoms with Crippen LogP contribution in [0.25, 0.3) is 0 Å². The number of rotatable bonds is 6. The lowest BCUT2D eigenvalue weighted by molar-refractivity contribution is -0.386. The highest BCUT2D eigenvalue weighted by Gasteiger charge is 2.52. The molecular weight excluding hydrogens is 275 g/mol.